The molecule has 0 unspecified atom stereocenters. The van der Waals surface area contributed by atoms with E-state index in [4.69, 9.17) is 9.26 Å². The maximum Gasteiger partial charge on any atom is 0.277 e. The van der Waals surface area contributed by atoms with Crippen LogP contribution < -0.4 is 10.1 Å². The number of nitrogens with zero attached hydrogens (tertiary/aromatic N) is 1. The molecule has 132 valence electrons. The highest BCUT2D eigenvalue weighted by atomic mass is 19.1. The summed E-state index contributed by atoms with van der Waals surface area (Å²) in [4.78, 5) is 12.3. The molecule has 1 fully saturated rings. The van der Waals surface area contributed by atoms with Crippen molar-refractivity contribution in [2.75, 3.05) is 5.32 Å². The smallest absolute Gasteiger partial charge is 0.277 e. The lowest BCUT2D eigenvalue weighted by atomic mass is 10.2. The first kappa shape index (κ1) is 16.3. The van der Waals surface area contributed by atoms with Gasteiger partial charge in [-0.15, -0.1) is 0 Å². The second-order valence-electron chi connectivity index (χ2n) is 6.29. The van der Waals surface area contributed by atoms with Crippen molar-refractivity contribution in [2.24, 2.45) is 0 Å². The number of hydrogen-bond acceptors (Lipinski definition) is 4. The van der Waals surface area contributed by atoms with Crippen LogP contribution in [-0.4, -0.2) is 11.1 Å². The summed E-state index contributed by atoms with van der Waals surface area (Å²) in [5.74, 6) is 1.18. The molecule has 1 aliphatic carbocycles. The van der Waals surface area contributed by atoms with Crippen LogP contribution in [0.3, 0.4) is 0 Å². The van der Waals surface area contributed by atoms with Crippen molar-refractivity contribution < 1.29 is 18.4 Å². The van der Waals surface area contributed by atoms with E-state index in [0.717, 1.165) is 24.2 Å². The Morgan fingerprint density at radius 3 is 2.77 bits per heavy atom. The van der Waals surface area contributed by atoms with Crippen LogP contribution in [0.5, 0.6) is 5.75 Å². The summed E-state index contributed by atoms with van der Waals surface area (Å²) in [7, 11) is 0. The van der Waals surface area contributed by atoms with E-state index in [0.29, 0.717) is 24.0 Å². The molecule has 1 N–H and O–H groups in total. The first-order valence-electron chi connectivity index (χ1n) is 8.43. The summed E-state index contributed by atoms with van der Waals surface area (Å²) >= 11 is 0. The normalized spacial score (nSPS) is 13.4. The molecule has 26 heavy (non-hydrogen) atoms. The summed E-state index contributed by atoms with van der Waals surface area (Å²) in [5.41, 5.74) is 1.73. The van der Waals surface area contributed by atoms with Crippen molar-refractivity contribution >= 4 is 11.6 Å². The Hall–Kier alpha value is -3.15. The zero-order valence-electron chi connectivity index (χ0n) is 13.9. The summed E-state index contributed by atoms with van der Waals surface area (Å²) in [6, 6.07) is 14.9. The topological polar surface area (TPSA) is 64.4 Å². The number of nitrogens with one attached hydrogen (secondary N) is 1. The Morgan fingerprint density at radius 1 is 1.19 bits per heavy atom. The zero-order valence-corrected chi connectivity index (χ0v) is 13.9. The van der Waals surface area contributed by atoms with Crippen LogP contribution in [0.25, 0.3) is 0 Å². The third kappa shape index (κ3) is 3.91. The molecule has 1 saturated carbocycles. The van der Waals surface area contributed by atoms with Gasteiger partial charge in [0.2, 0.25) is 0 Å². The number of rotatable bonds is 6. The molecule has 0 bridgehead atoms. The number of carbonyl (C=O) groups is 1. The number of hydrogen-bond donors (Lipinski definition) is 1. The van der Waals surface area contributed by atoms with Crippen molar-refractivity contribution in [3.63, 3.8) is 0 Å². The van der Waals surface area contributed by atoms with Gasteiger partial charge in [0.1, 0.15) is 23.9 Å². The van der Waals surface area contributed by atoms with Gasteiger partial charge in [0.25, 0.3) is 5.91 Å². The van der Waals surface area contributed by atoms with Gasteiger partial charge in [-0.25, -0.2) is 4.39 Å². The van der Waals surface area contributed by atoms with Gasteiger partial charge in [-0.1, -0.05) is 23.4 Å². The van der Waals surface area contributed by atoms with E-state index in [-0.39, 0.29) is 17.4 Å². The van der Waals surface area contributed by atoms with Crippen LogP contribution in [0.2, 0.25) is 0 Å². The average molecular weight is 352 g/mol. The van der Waals surface area contributed by atoms with Crippen LogP contribution in [0.15, 0.2) is 59.1 Å². The Bertz CT molecular complexity index is 917. The fourth-order valence-corrected chi connectivity index (χ4v) is 2.56. The van der Waals surface area contributed by atoms with E-state index < -0.39 is 0 Å². The molecule has 0 saturated heterocycles. The van der Waals surface area contributed by atoms with Crippen LogP contribution in [-0.2, 0) is 6.61 Å². The highest BCUT2D eigenvalue weighted by Crippen LogP contribution is 2.40. The number of carbonyl (C=O) groups excluding carboxylic acids is 1. The molecule has 4 rings (SSSR count). The molecule has 1 aliphatic rings. The number of anilines is 1. The van der Waals surface area contributed by atoms with Crippen molar-refractivity contribution in [3.8, 4) is 5.75 Å². The Labute approximate surface area is 149 Å². The molecule has 0 atom stereocenters. The van der Waals surface area contributed by atoms with E-state index >= 15 is 0 Å². The minimum atomic E-state index is -0.323. The quantitative estimate of drug-likeness (QED) is 0.708. The fraction of sp³-hybridized carbons (Fsp3) is 0.200. The molecule has 1 aromatic heterocycles. The molecule has 6 heteroatoms. The van der Waals surface area contributed by atoms with Crippen LogP contribution >= 0.6 is 0 Å². The van der Waals surface area contributed by atoms with Gasteiger partial charge in [-0.2, -0.15) is 0 Å². The van der Waals surface area contributed by atoms with Gasteiger partial charge in [-0.3, -0.25) is 4.79 Å². The lowest BCUT2D eigenvalue weighted by Crippen LogP contribution is -2.12. The van der Waals surface area contributed by atoms with Crippen molar-refractivity contribution in [1.82, 2.24) is 5.16 Å². The highest BCUT2D eigenvalue weighted by molar-refractivity contribution is 6.02. The van der Waals surface area contributed by atoms with E-state index in [1.54, 1.807) is 42.5 Å². The van der Waals surface area contributed by atoms with Gasteiger partial charge in [0, 0.05) is 23.7 Å². The second kappa shape index (κ2) is 7.00. The second-order valence-corrected chi connectivity index (χ2v) is 6.29. The molecular formula is C20H17FN2O3. The minimum Gasteiger partial charge on any atom is -0.489 e. The Morgan fingerprint density at radius 2 is 2.00 bits per heavy atom. The molecule has 1 amide bonds. The van der Waals surface area contributed by atoms with Crippen LogP contribution in [0.4, 0.5) is 10.1 Å². The number of aromatic nitrogens is 1. The van der Waals surface area contributed by atoms with E-state index in [9.17, 15) is 9.18 Å². The van der Waals surface area contributed by atoms with Crippen molar-refractivity contribution in [3.05, 3.63) is 77.4 Å². The molecule has 0 aliphatic heterocycles. The molecular weight excluding hydrogens is 335 g/mol. The van der Waals surface area contributed by atoms with Crippen molar-refractivity contribution in [1.29, 1.82) is 0 Å². The van der Waals surface area contributed by atoms with Gasteiger partial charge in [0.05, 0.1) is 0 Å². The average Bonchev–Trinajstić information content (AvgIpc) is 3.38. The summed E-state index contributed by atoms with van der Waals surface area (Å²) < 4.78 is 23.8. The van der Waals surface area contributed by atoms with Gasteiger partial charge in [0.15, 0.2) is 5.69 Å². The highest BCUT2D eigenvalue weighted by Gasteiger charge is 2.28. The Balaban J connectivity index is 1.38. The van der Waals surface area contributed by atoms with Gasteiger partial charge >= 0.3 is 0 Å². The third-order valence-corrected chi connectivity index (χ3v) is 4.15. The summed E-state index contributed by atoms with van der Waals surface area (Å²) in [6.07, 6.45) is 2.17. The number of halogens is 1. The van der Waals surface area contributed by atoms with E-state index in [1.165, 1.54) is 12.1 Å². The largest absolute Gasteiger partial charge is 0.489 e. The van der Waals surface area contributed by atoms with E-state index in [1.807, 2.05) is 0 Å². The number of amides is 1. The maximum atomic E-state index is 12.9. The van der Waals surface area contributed by atoms with Crippen LogP contribution in [0, 0.1) is 5.82 Å². The fourth-order valence-electron chi connectivity index (χ4n) is 2.56. The van der Waals surface area contributed by atoms with Gasteiger partial charge < -0.3 is 14.6 Å². The first-order chi connectivity index (χ1) is 12.7. The molecule has 0 spiro atoms. The number of ether oxygens (including phenoxy) is 1. The predicted octanol–water partition coefficient (Wildman–Crippen LogP) is 4.52. The molecule has 3 aromatic rings. The minimum absolute atomic E-state index is 0.268. The lowest BCUT2D eigenvalue weighted by molar-refractivity contribution is 0.101. The molecule has 0 radical (unpaired) electrons. The SMILES string of the molecule is O=C(Nc1cccc(OCc2ccc(F)cc2)c1)c1cc(C2CC2)on1. The summed E-state index contributed by atoms with van der Waals surface area (Å²) in [5, 5.41) is 6.62. The maximum absolute atomic E-state index is 12.9. The van der Waals surface area contributed by atoms with Crippen LogP contribution in [0.1, 0.15) is 40.6 Å². The predicted molar refractivity (Wildman–Crippen MR) is 93.6 cm³/mol. The molecule has 5 nitrogen and oxygen atoms in total. The Kier molecular flexibility index (Phi) is 4.39. The summed E-state index contributed by atoms with van der Waals surface area (Å²) in [6.45, 7) is 0.311. The number of benzene rings is 2. The molecule has 2 aromatic carbocycles. The third-order valence-electron chi connectivity index (χ3n) is 4.15. The molecule has 1 heterocycles. The first-order valence-corrected chi connectivity index (χ1v) is 8.43. The van der Waals surface area contributed by atoms with Crippen molar-refractivity contribution in [2.45, 2.75) is 25.4 Å². The van der Waals surface area contributed by atoms with Gasteiger partial charge in [-0.05, 0) is 42.7 Å². The lowest BCUT2D eigenvalue weighted by Gasteiger charge is -2.09. The van der Waals surface area contributed by atoms with E-state index in [2.05, 4.69) is 10.5 Å². The zero-order chi connectivity index (χ0) is 17.9. The standard InChI is InChI=1S/C20H17FN2O3/c21-15-8-4-13(5-9-15)12-25-17-3-1-2-16(10-17)22-20(24)18-11-19(26-23-18)14-6-7-14/h1-5,8-11,14H,6-7,12H2,(H,22,24). The monoisotopic (exact) mass is 352 g/mol.